The van der Waals surface area contributed by atoms with Gasteiger partial charge in [0.2, 0.25) is 0 Å². The number of nitrogens with zero attached hydrogens (tertiary/aromatic N) is 2. The zero-order chi connectivity index (χ0) is 25.7. The third kappa shape index (κ3) is 11.2. The van der Waals surface area contributed by atoms with Crippen molar-refractivity contribution in [1.29, 1.82) is 0 Å². The summed E-state index contributed by atoms with van der Waals surface area (Å²) < 4.78 is 5.22. The van der Waals surface area contributed by atoms with Gasteiger partial charge in [0.25, 0.3) is 0 Å². The molecule has 4 N–H and O–H groups in total. The van der Waals surface area contributed by atoms with Gasteiger partial charge >= 0.3 is 17.9 Å². The zero-order valence-corrected chi connectivity index (χ0v) is 20.3. The van der Waals surface area contributed by atoms with Crippen LogP contribution in [0.3, 0.4) is 0 Å². The van der Waals surface area contributed by atoms with Gasteiger partial charge in [-0.3, -0.25) is 14.5 Å². The van der Waals surface area contributed by atoms with Gasteiger partial charge < -0.3 is 30.1 Å². The highest BCUT2D eigenvalue weighted by Gasteiger charge is 2.40. The molecule has 0 unspecified atom stereocenters. The monoisotopic (exact) mass is 496 g/mol. The van der Waals surface area contributed by atoms with Crippen molar-refractivity contribution in [2.75, 3.05) is 34.3 Å². The van der Waals surface area contributed by atoms with E-state index in [1.807, 2.05) is 23.5 Å². The number of rotatable bonds is 13. The van der Waals surface area contributed by atoms with Crippen molar-refractivity contribution in [3.05, 3.63) is 52.2 Å². The largest absolute Gasteiger partial charge is 0.497 e. The van der Waals surface area contributed by atoms with Crippen LogP contribution in [-0.2, 0) is 27.5 Å². The standard InChI is InChI=1S/C17H24N2OS.C6H8O7/c1-18(2)10-11-19(14-17-5-4-12-21-17)13-15-6-8-16(20-3)9-7-15;7-3(8)1-6(13,5(11)12)2-4(9)10/h4-9,12H,10-11,13-14H2,1-3H3;13H,1-2H2,(H,7,8)(H,9,10)(H,11,12). The molecular formula is C23H32N2O8S. The van der Waals surface area contributed by atoms with Crippen LogP contribution in [0.2, 0.25) is 0 Å². The Morgan fingerprint density at radius 3 is 1.94 bits per heavy atom. The molecule has 0 radical (unpaired) electrons. The summed E-state index contributed by atoms with van der Waals surface area (Å²) in [5.41, 5.74) is -1.41. The summed E-state index contributed by atoms with van der Waals surface area (Å²) in [4.78, 5) is 36.6. The van der Waals surface area contributed by atoms with E-state index in [0.29, 0.717) is 0 Å². The number of hydrogen-bond donors (Lipinski definition) is 4. The highest BCUT2D eigenvalue weighted by atomic mass is 32.1. The van der Waals surface area contributed by atoms with Crippen molar-refractivity contribution in [3.63, 3.8) is 0 Å². The summed E-state index contributed by atoms with van der Waals surface area (Å²) in [7, 11) is 5.95. The van der Waals surface area contributed by atoms with Crippen LogP contribution in [0.5, 0.6) is 5.75 Å². The maximum absolute atomic E-state index is 10.3. The molecule has 0 bridgehead atoms. The first-order valence-electron chi connectivity index (χ1n) is 10.4. The van der Waals surface area contributed by atoms with E-state index in [0.717, 1.165) is 31.9 Å². The smallest absolute Gasteiger partial charge is 0.336 e. The number of aliphatic carboxylic acids is 3. The van der Waals surface area contributed by atoms with Crippen molar-refractivity contribution < 1.29 is 39.5 Å². The molecule has 0 aliphatic rings. The Balaban J connectivity index is 0.000000385. The Kier molecular flexibility index (Phi) is 12.2. The fourth-order valence-corrected chi connectivity index (χ4v) is 3.63. The summed E-state index contributed by atoms with van der Waals surface area (Å²) in [5, 5.41) is 36.0. The van der Waals surface area contributed by atoms with Crippen LogP contribution in [-0.4, -0.2) is 88.0 Å². The van der Waals surface area contributed by atoms with Crippen LogP contribution < -0.4 is 4.74 Å². The number of likely N-dealkylation sites (N-methyl/N-ethyl adjacent to an activating group) is 1. The maximum Gasteiger partial charge on any atom is 0.336 e. The van der Waals surface area contributed by atoms with E-state index in [9.17, 15) is 14.4 Å². The lowest BCUT2D eigenvalue weighted by molar-refractivity contribution is -0.170. The number of methoxy groups -OCH3 is 1. The predicted octanol–water partition coefficient (Wildman–Crippen LogP) is 2.07. The van der Waals surface area contributed by atoms with Crippen LogP contribution in [0.4, 0.5) is 0 Å². The Hall–Kier alpha value is -2.99. The summed E-state index contributed by atoms with van der Waals surface area (Å²) in [6.07, 6.45) is -2.29. The molecule has 0 aliphatic carbocycles. The average Bonchev–Trinajstić information content (AvgIpc) is 3.25. The van der Waals surface area contributed by atoms with E-state index in [4.69, 9.17) is 25.2 Å². The molecule has 0 fully saturated rings. The van der Waals surface area contributed by atoms with E-state index >= 15 is 0 Å². The van der Waals surface area contributed by atoms with E-state index in [1.165, 1.54) is 10.4 Å². The van der Waals surface area contributed by atoms with Crippen molar-refractivity contribution in [1.82, 2.24) is 9.80 Å². The summed E-state index contributed by atoms with van der Waals surface area (Å²) in [5.74, 6) is -4.11. The highest BCUT2D eigenvalue weighted by Crippen LogP contribution is 2.17. The molecule has 0 atom stereocenters. The minimum absolute atomic E-state index is 0.914. The third-order valence-corrected chi connectivity index (χ3v) is 5.53. The summed E-state index contributed by atoms with van der Waals surface area (Å²) in [6, 6.07) is 12.7. The number of carboxylic acid groups (broad SMARTS) is 3. The average molecular weight is 497 g/mol. The Labute approximate surface area is 202 Å². The van der Waals surface area contributed by atoms with Gasteiger partial charge in [0.1, 0.15) is 5.75 Å². The second-order valence-electron chi connectivity index (χ2n) is 7.92. The normalized spacial score (nSPS) is 11.1. The molecule has 0 saturated carbocycles. The molecule has 1 aromatic carbocycles. The van der Waals surface area contributed by atoms with Crippen LogP contribution in [0, 0.1) is 0 Å². The molecule has 0 saturated heterocycles. The van der Waals surface area contributed by atoms with Gasteiger partial charge in [0.05, 0.1) is 20.0 Å². The van der Waals surface area contributed by atoms with Crippen LogP contribution in [0.1, 0.15) is 23.3 Å². The van der Waals surface area contributed by atoms with Gasteiger partial charge in [-0.25, -0.2) is 4.79 Å². The molecule has 11 heteroatoms. The molecule has 2 aromatic rings. The lowest BCUT2D eigenvalue weighted by Crippen LogP contribution is -2.42. The molecule has 10 nitrogen and oxygen atoms in total. The van der Waals surface area contributed by atoms with Gasteiger partial charge in [-0.05, 0) is 43.2 Å². The van der Waals surface area contributed by atoms with Crippen molar-refractivity contribution in [2.45, 2.75) is 31.5 Å². The van der Waals surface area contributed by atoms with E-state index in [-0.39, 0.29) is 0 Å². The van der Waals surface area contributed by atoms with Gasteiger partial charge in [-0.1, -0.05) is 18.2 Å². The van der Waals surface area contributed by atoms with E-state index in [1.54, 1.807) is 7.11 Å². The van der Waals surface area contributed by atoms with E-state index < -0.39 is 36.4 Å². The van der Waals surface area contributed by atoms with Crippen LogP contribution >= 0.6 is 11.3 Å². The molecule has 1 heterocycles. The second kappa shape index (κ2) is 14.3. The molecule has 188 valence electrons. The van der Waals surface area contributed by atoms with Gasteiger partial charge in [-0.15, -0.1) is 11.3 Å². The van der Waals surface area contributed by atoms with Gasteiger partial charge in [-0.2, -0.15) is 0 Å². The van der Waals surface area contributed by atoms with Crippen molar-refractivity contribution >= 4 is 29.2 Å². The number of hydrogen-bond acceptors (Lipinski definition) is 8. The Bertz CT molecular complexity index is 884. The molecule has 1 aromatic heterocycles. The van der Waals surface area contributed by atoms with Crippen LogP contribution in [0.15, 0.2) is 41.8 Å². The minimum Gasteiger partial charge on any atom is -0.497 e. The number of ether oxygens (including phenoxy) is 1. The molecule has 0 aliphatic heterocycles. The van der Waals surface area contributed by atoms with Crippen molar-refractivity contribution in [2.24, 2.45) is 0 Å². The zero-order valence-electron chi connectivity index (χ0n) is 19.5. The third-order valence-electron chi connectivity index (χ3n) is 4.67. The highest BCUT2D eigenvalue weighted by molar-refractivity contribution is 7.09. The fourth-order valence-electron chi connectivity index (χ4n) is 2.88. The first-order chi connectivity index (χ1) is 15.9. The maximum atomic E-state index is 10.3. The van der Waals surface area contributed by atoms with Crippen LogP contribution in [0.25, 0.3) is 0 Å². The fraction of sp³-hybridized carbons (Fsp3) is 0.435. The minimum atomic E-state index is -2.74. The predicted molar refractivity (Wildman–Crippen MR) is 127 cm³/mol. The van der Waals surface area contributed by atoms with Gasteiger partial charge in [0, 0.05) is 31.1 Å². The number of benzene rings is 1. The van der Waals surface area contributed by atoms with Crippen molar-refractivity contribution in [3.8, 4) is 5.75 Å². The molecule has 0 spiro atoms. The number of carboxylic acids is 3. The summed E-state index contributed by atoms with van der Waals surface area (Å²) in [6.45, 7) is 4.12. The topological polar surface area (TPSA) is 148 Å². The van der Waals surface area contributed by atoms with Gasteiger partial charge in [0.15, 0.2) is 5.60 Å². The Morgan fingerprint density at radius 2 is 1.53 bits per heavy atom. The molecular weight excluding hydrogens is 464 g/mol. The molecule has 0 amide bonds. The first kappa shape index (κ1) is 29.0. The number of carbonyl (C=O) groups is 3. The van der Waals surface area contributed by atoms with E-state index in [2.05, 4.69) is 53.5 Å². The lowest BCUT2D eigenvalue weighted by Gasteiger charge is -2.23. The SMILES string of the molecule is COc1ccc(CN(CCN(C)C)Cc2cccs2)cc1.O=C(O)CC(O)(CC(=O)O)C(=O)O. The lowest BCUT2D eigenvalue weighted by atomic mass is 9.96. The Morgan fingerprint density at radius 1 is 0.941 bits per heavy atom. The quantitative estimate of drug-likeness (QED) is 0.325. The number of thiophene rings is 1. The molecule has 2 rings (SSSR count). The summed E-state index contributed by atoms with van der Waals surface area (Å²) >= 11 is 1.83. The second-order valence-corrected chi connectivity index (χ2v) is 8.95. The molecule has 34 heavy (non-hydrogen) atoms. The first-order valence-corrected chi connectivity index (χ1v) is 11.2. The number of aliphatic hydroxyl groups is 1.